The zero-order chi connectivity index (χ0) is 8.10. The van der Waals surface area contributed by atoms with Gasteiger partial charge in [-0.1, -0.05) is 0 Å². The van der Waals surface area contributed by atoms with Crippen LogP contribution in [0, 0.1) is 6.92 Å². The second-order valence-electron chi connectivity index (χ2n) is 2.32. The van der Waals surface area contributed by atoms with E-state index >= 15 is 0 Å². The van der Waals surface area contributed by atoms with Gasteiger partial charge in [0.05, 0.1) is 6.33 Å². The van der Waals surface area contributed by atoms with Crippen molar-refractivity contribution in [2.75, 3.05) is 12.3 Å². The van der Waals surface area contributed by atoms with E-state index in [0.717, 1.165) is 29.4 Å². The Kier molecular flexibility index (Phi) is 3.45. The molecule has 0 aliphatic heterocycles. The summed E-state index contributed by atoms with van der Waals surface area (Å²) in [6.45, 7) is 2.79. The highest BCUT2D eigenvalue weighted by molar-refractivity contribution is 7.99. The van der Waals surface area contributed by atoms with Gasteiger partial charge in [0, 0.05) is 11.4 Å². The molecule has 0 atom stereocenters. The lowest BCUT2D eigenvalue weighted by molar-refractivity contribution is 0.940. The molecule has 0 aromatic carbocycles. The number of aromatic nitrogens is 2. The summed E-state index contributed by atoms with van der Waals surface area (Å²) < 4.78 is 0. The largest absolute Gasteiger partial charge is 0.348 e. The van der Waals surface area contributed by atoms with E-state index in [2.05, 4.69) is 9.97 Å². The third-order valence-electron chi connectivity index (χ3n) is 1.37. The number of hydrogen-bond donors (Lipinski definition) is 2. The van der Waals surface area contributed by atoms with E-state index in [9.17, 15) is 0 Å². The highest BCUT2D eigenvalue weighted by Crippen LogP contribution is 2.18. The Bertz CT molecular complexity index is 209. The first-order valence-electron chi connectivity index (χ1n) is 3.67. The molecule has 1 heterocycles. The molecule has 1 aromatic rings. The van der Waals surface area contributed by atoms with Crippen molar-refractivity contribution in [1.29, 1.82) is 0 Å². The predicted molar refractivity (Wildman–Crippen MR) is 47.7 cm³/mol. The molecular weight excluding hydrogens is 158 g/mol. The van der Waals surface area contributed by atoms with Crippen LogP contribution in [0.2, 0.25) is 0 Å². The van der Waals surface area contributed by atoms with E-state index in [-0.39, 0.29) is 0 Å². The van der Waals surface area contributed by atoms with Crippen LogP contribution in [0.25, 0.3) is 0 Å². The van der Waals surface area contributed by atoms with E-state index < -0.39 is 0 Å². The highest BCUT2D eigenvalue weighted by atomic mass is 32.2. The zero-order valence-electron chi connectivity index (χ0n) is 6.63. The molecule has 3 N–H and O–H groups in total. The quantitative estimate of drug-likeness (QED) is 0.528. The van der Waals surface area contributed by atoms with Crippen LogP contribution in [0.1, 0.15) is 12.1 Å². The normalized spacial score (nSPS) is 10.4. The van der Waals surface area contributed by atoms with Gasteiger partial charge in [0.1, 0.15) is 5.03 Å². The van der Waals surface area contributed by atoms with Crippen LogP contribution >= 0.6 is 11.8 Å². The maximum atomic E-state index is 5.36. The summed E-state index contributed by atoms with van der Waals surface area (Å²) in [6.07, 6.45) is 2.77. The Hall–Kier alpha value is -0.480. The summed E-state index contributed by atoms with van der Waals surface area (Å²) in [5, 5.41) is 1.10. The van der Waals surface area contributed by atoms with Crippen LogP contribution in [0.3, 0.4) is 0 Å². The lowest BCUT2D eigenvalue weighted by Gasteiger charge is -1.95. The number of hydrogen-bond acceptors (Lipinski definition) is 3. The molecule has 62 valence electrons. The minimum absolute atomic E-state index is 0.760. The Morgan fingerprint density at radius 1 is 1.73 bits per heavy atom. The molecule has 0 amide bonds. The molecule has 0 spiro atoms. The molecule has 0 aliphatic carbocycles. The Morgan fingerprint density at radius 3 is 3.09 bits per heavy atom. The van der Waals surface area contributed by atoms with Crippen molar-refractivity contribution in [3.8, 4) is 0 Å². The molecule has 1 aromatic heterocycles. The second-order valence-corrected chi connectivity index (χ2v) is 3.41. The average molecular weight is 171 g/mol. The third-order valence-corrected chi connectivity index (χ3v) is 2.55. The summed E-state index contributed by atoms with van der Waals surface area (Å²) in [5.74, 6) is 1.06. The third kappa shape index (κ3) is 2.55. The molecule has 11 heavy (non-hydrogen) atoms. The van der Waals surface area contributed by atoms with Crippen molar-refractivity contribution < 1.29 is 0 Å². The van der Waals surface area contributed by atoms with Crippen LogP contribution in [-0.4, -0.2) is 22.3 Å². The molecule has 4 heteroatoms. The molecule has 0 saturated carbocycles. The summed E-state index contributed by atoms with van der Waals surface area (Å²) in [7, 11) is 0. The highest BCUT2D eigenvalue weighted by Gasteiger charge is 1.99. The standard InChI is InChI=1S/C7H13N3S/c1-6-7(10-5-9-6)11-4-2-3-8/h5H,2-4,8H2,1H3,(H,9,10). The van der Waals surface area contributed by atoms with Crippen molar-refractivity contribution in [3.63, 3.8) is 0 Å². The van der Waals surface area contributed by atoms with Crippen LogP contribution in [0.4, 0.5) is 0 Å². The number of nitrogens with one attached hydrogen (secondary N) is 1. The van der Waals surface area contributed by atoms with Gasteiger partial charge in [-0.25, -0.2) is 4.98 Å². The van der Waals surface area contributed by atoms with Crippen molar-refractivity contribution in [2.24, 2.45) is 5.73 Å². The number of aryl methyl sites for hydroxylation is 1. The van der Waals surface area contributed by atoms with Gasteiger partial charge in [0.15, 0.2) is 0 Å². The number of nitrogens with zero attached hydrogens (tertiary/aromatic N) is 1. The van der Waals surface area contributed by atoms with Gasteiger partial charge in [0.2, 0.25) is 0 Å². The first kappa shape index (κ1) is 8.62. The molecule has 0 fully saturated rings. The molecule has 0 saturated heterocycles. The van der Waals surface area contributed by atoms with E-state index in [0.29, 0.717) is 0 Å². The SMILES string of the molecule is Cc1[nH]cnc1SCCCN. The summed E-state index contributed by atoms with van der Waals surface area (Å²) >= 11 is 1.76. The Labute approximate surface area is 70.8 Å². The van der Waals surface area contributed by atoms with Crippen molar-refractivity contribution >= 4 is 11.8 Å². The average Bonchev–Trinajstić information content (AvgIpc) is 2.37. The van der Waals surface area contributed by atoms with Gasteiger partial charge in [-0.05, 0) is 19.9 Å². The number of aromatic amines is 1. The fourth-order valence-electron chi connectivity index (χ4n) is 0.744. The van der Waals surface area contributed by atoms with E-state index in [1.54, 1.807) is 18.1 Å². The molecule has 0 aliphatic rings. The summed E-state index contributed by atoms with van der Waals surface area (Å²) in [5.41, 5.74) is 6.51. The van der Waals surface area contributed by atoms with Crippen LogP contribution in [0.5, 0.6) is 0 Å². The first-order chi connectivity index (χ1) is 5.34. The number of rotatable bonds is 4. The maximum Gasteiger partial charge on any atom is 0.117 e. The lowest BCUT2D eigenvalue weighted by atomic mass is 10.5. The number of H-pyrrole nitrogens is 1. The maximum absolute atomic E-state index is 5.36. The minimum atomic E-state index is 0.760. The first-order valence-corrected chi connectivity index (χ1v) is 4.66. The van der Waals surface area contributed by atoms with E-state index in [1.165, 1.54) is 0 Å². The monoisotopic (exact) mass is 171 g/mol. The lowest BCUT2D eigenvalue weighted by Crippen LogP contribution is -1.99. The van der Waals surface area contributed by atoms with Gasteiger partial charge in [-0.15, -0.1) is 11.8 Å². The van der Waals surface area contributed by atoms with Gasteiger partial charge in [-0.3, -0.25) is 0 Å². The number of thioether (sulfide) groups is 1. The smallest absolute Gasteiger partial charge is 0.117 e. The molecule has 3 nitrogen and oxygen atoms in total. The molecule has 1 rings (SSSR count). The van der Waals surface area contributed by atoms with Crippen LogP contribution < -0.4 is 5.73 Å². The Morgan fingerprint density at radius 2 is 2.55 bits per heavy atom. The van der Waals surface area contributed by atoms with E-state index in [4.69, 9.17) is 5.73 Å². The van der Waals surface area contributed by atoms with E-state index in [1.807, 2.05) is 6.92 Å². The molecular formula is C7H13N3S. The van der Waals surface area contributed by atoms with Crippen LogP contribution in [-0.2, 0) is 0 Å². The molecule has 0 bridgehead atoms. The van der Waals surface area contributed by atoms with Crippen molar-refractivity contribution in [1.82, 2.24) is 9.97 Å². The van der Waals surface area contributed by atoms with Gasteiger partial charge < -0.3 is 10.7 Å². The summed E-state index contributed by atoms with van der Waals surface area (Å²) in [6, 6.07) is 0. The van der Waals surface area contributed by atoms with Crippen molar-refractivity contribution in [3.05, 3.63) is 12.0 Å². The van der Waals surface area contributed by atoms with Gasteiger partial charge in [0.25, 0.3) is 0 Å². The predicted octanol–water partition coefficient (Wildman–Crippen LogP) is 1.16. The summed E-state index contributed by atoms with van der Waals surface area (Å²) in [4.78, 5) is 7.19. The molecule has 0 unspecified atom stereocenters. The Balaban J connectivity index is 2.32. The topological polar surface area (TPSA) is 54.7 Å². The molecule has 0 radical (unpaired) electrons. The number of imidazole rings is 1. The minimum Gasteiger partial charge on any atom is -0.348 e. The number of nitrogens with two attached hydrogens (primary N) is 1. The fourth-order valence-corrected chi connectivity index (χ4v) is 1.65. The van der Waals surface area contributed by atoms with Gasteiger partial charge >= 0.3 is 0 Å². The second kappa shape index (κ2) is 4.41. The van der Waals surface area contributed by atoms with Gasteiger partial charge in [-0.2, -0.15) is 0 Å². The van der Waals surface area contributed by atoms with Crippen molar-refractivity contribution in [2.45, 2.75) is 18.4 Å². The fraction of sp³-hybridized carbons (Fsp3) is 0.571. The van der Waals surface area contributed by atoms with Crippen LogP contribution in [0.15, 0.2) is 11.4 Å². The zero-order valence-corrected chi connectivity index (χ0v) is 7.45.